The Hall–Kier alpha value is -1.61. The molecule has 0 aliphatic carbocycles. The number of ether oxygens (including phenoxy) is 1. The summed E-state index contributed by atoms with van der Waals surface area (Å²) in [5, 5.41) is 0.858. The summed E-state index contributed by atoms with van der Waals surface area (Å²) in [6, 6.07) is 7.52. The lowest BCUT2D eigenvalue weighted by molar-refractivity contribution is 0.0755. The normalized spacial score (nSPS) is 10.9. The summed E-state index contributed by atoms with van der Waals surface area (Å²) < 4.78 is 10.6. The van der Waals surface area contributed by atoms with Gasteiger partial charge in [0.2, 0.25) is 0 Å². The van der Waals surface area contributed by atoms with Crippen molar-refractivity contribution in [3.05, 3.63) is 36.1 Å². The predicted molar refractivity (Wildman–Crippen MR) is 66.3 cm³/mol. The van der Waals surface area contributed by atoms with Crippen LogP contribution in [0.25, 0.3) is 11.0 Å². The minimum absolute atomic E-state index is 0.0222. The Balaban J connectivity index is 2.04. The van der Waals surface area contributed by atoms with Crippen molar-refractivity contribution in [1.29, 1.82) is 0 Å². The highest BCUT2D eigenvalue weighted by Gasteiger charge is 2.12. The minimum Gasteiger partial charge on any atom is -0.464 e. The molecule has 0 bridgehead atoms. The maximum Gasteiger partial charge on any atom is 0.192 e. The van der Waals surface area contributed by atoms with Crippen LogP contribution in [0.5, 0.6) is 0 Å². The molecule has 2 rings (SSSR count). The van der Waals surface area contributed by atoms with Crippen molar-refractivity contribution < 1.29 is 13.9 Å². The fourth-order valence-corrected chi connectivity index (χ4v) is 1.68. The van der Waals surface area contributed by atoms with Crippen LogP contribution >= 0.6 is 0 Å². The van der Waals surface area contributed by atoms with Gasteiger partial charge in [-0.15, -0.1) is 0 Å². The monoisotopic (exact) mass is 232 g/mol. The number of para-hydroxylation sites is 1. The van der Waals surface area contributed by atoms with Crippen LogP contribution in [0, 0.1) is 0 Å². The highest BCUT2D eigenvalue weighted by atomic mass is 16.5. The zero-order valence-corrected chi connectivity index (χ0v) is 9.94. The SMILES string of the molecule is CCCCOCC(=O)c1coc2ccccc12. The number of furan rings is 1. The Morgan fingerprint density at radius 3 is 3.00 bits per heavy atom. The number of hydrogen-bond donors (Lipinski definition) is 0. The second kappa shape index (κ2) is 5.64. The van der Waals surface area contributed by atoms with Gasteiger partial charge >= 0.3 is 0 Å². The van der Waals surface area contributed by atoms with E-state index in [9.17, 15) is 4.79 Å². The summed E-state index contributed by atoms with van der Waals surface area (Å²) in [5.74, 6) is -0.0222. The molecule has 0 spiro atoms. The second-order valence-corrected chi connectivity index (χ2v) is 3.97. The number of ketones is 1. The van der Waals surface area contributed by atoms with Gasteiger partial charge in [0.15, 0.2) is 5.78 Å². The molecule has 0 unspecified atom stereocenters. The van der Waals surface area contributed by atoms with Crippen LogP contribution in [-0.2, 0) is 4.74 Å². The largest absolute Gasteiger partial charge is 0.464 e. The van der Waals surface area contributed by atoms with Crippen LogP contribution in [0.2, 0.25) is 0 Å². The molecule has 0 aliphatic heterocycles. The highest BCUT2D eigenvalue weighted by Crippen LogP contribution is 2.21. The van der Waals surface area contributed by atoms with Gasteiger partial charge in [-0.2, -0.15) is 0 Å². The summed E-state index contributed by atoms with van der Waals surface area (Å²) >= 11 is 0. The van der Waals surface area contributed by atoms with Crippen molar-refractivity contribution in [3.63, 3.8) is 0 Å². The molecule has 0 aliphatic rings. The summed E-state index contributed by atoms with van der Waals surface area (Å²) in [6.45, 7) is 2.86. The maximum absolute atomic E-state index is 11.9. The van der Waals surface area contributed by atoms with E-state index in [1.165, 1.54) is 6.26 Å². The topological polar surface area (TPSA) is 39.4 Å². The van der Waals surface area contributed by atoms with Crippen LogP contribution in [-0.4, -0.2) is 19.0 Å². The van der Waals surface area contributed by atoms with Crippen LogP contribution < -0.4 is 0 Å². The van der Waals surface area contributed by atoms with E-state index in [1.807, 2.05) is 24.3 Å². The zero-order valence-electron chi connectivity index (χ0n) is 9.94. The van der Waals surface area contributed by atoms with Crippen molar-refractivity contribution in [3.8, 4) is 0 Å². The summed E-state index contributed by atoms with van der Waals surface area (Å²) in [5.41, 5.74) is 1.35. The average Bonchev–Trinajstić information content (AvgIpc) is 2.78. The first-order valence-corrected chi connectivity index (χ1v) is 5.90. The molecule has 1 heterocycles. The zero-order chi connectivity index (χ0) is 12.1. The molecular formula is C14H16O3. The Morgan fingerprint density at radius 1 is 1.35 bits per heavy atom. The number of unbranched alkanes of at least 4 members (excludes halogenated alkanes) is 1. The van der Waals surface area contributed by atoms with E-state index in [-0.39, 0.29) is 12.4 Å². The van der Waals surface area contributed by atoms with Crippen LogP contribution in [0.4, 0.5) is 0 Å². The van der Waals surface area contributed by atoms with Crippen molar-refractivity contribution in [2.45, 2.75) is 19.8 Å². The van der Waals surface area contributed by atoms with Crippen LogP contribution in [0.15, 0.2) is 34.9 Å². The van der Waals surface area contributed by atoms with Gasteiger partial charge < -0.3 is 9.15 Å². The first-order valence-electron chi connectivity index (χ1n) is 5.90. The van der Waals surface area contributed by atoms with E-state index < -0.39 is 0 Å². The average molecular weight is 232 g/mol. The Bertz CT molecular complexity index is 499. The molecule has 0 saturated heterocycles. The third kappa shape index (κ3) is 2.74. The van der Waals surface area contributed by atoms with Crippen LogP contribution in [0.1, 0.15) is 30.1 Å². The number of rotatable bonds is 6. The molecule has 90 valence electrons. The second-order valence-electron chi connectivity index (χ2n) is 3.97. The van der Waals surface area contributed by atoms with E-state index in [0.29, 0.717) is 12.2 Å². The third-order valence-corrected chi connectivity index (χ3v) is 2.66. The lowest BCUT2D eigenvalue weighted by Crippen LogP contribution is -2.09. The van der Waals surface area contributed by atoms with Gasteiger partial charge in [0, 0.05) is 12.0 Å². The summed E-state index contributed by atoms with van der Waals surface area (Å²) in [7, 11) is 0. The maximum atomic E-state index is 11.9. The van der Waals surface area contributed by atoms with Crippen molar-refractivity contribution in [2.24, 2.45) is 0 Å². The fraction of sp³-hybridized carbons (Fsp3) is 0.357. The van der Waals surface area contributed by atoms with E-state index in [1.54, 1.807) is 0 Å². The van der Waals surface area contributed by atoms with E-state index in [2.05, 4.69) is 6.92 Å². The quantitative estimate of drug-likeness (QED) is 0.565. The van der Waals surface area contributed by atoms with Gasteiger partial charge in [-0.25, -0.2) is 0 Å². The van der Waals surface area contributed by atoms with Gasteiger partial charge in [0.25, 0.3) is 0 Å². The summed E-state index contributed by atoms with van der Waals surface area (Å²) in [6.07, 6.45) is 3.57. The Morgan fingerprint density at radius 2 is 2.18 bits per heavy atom. The Labute approximate surface area is 100 Å². The van der Waals surface area contributed by atoms with Gasteiger partial charge in [-0.3, -0.25) is 4.79 Å². The van der Waals surface area contributed by atoms with Crippen molar-refractivity contribution in [1.82, 2.24) is 0 Å². The molecule has 0 saturated carbocycles. The molecule has 1 aromatic heterocycles. The van der Waals surface area contributed by atoms with Crippen molar-refractivity contribution in [2.75, 3.05) is 13.2 Å². The molecule has 0 radical (unpaired) electrons. The lowest BCUT2D eigenvalue weighted by atomic mass is 10.1. The first kappa shape index (κ1) is 11.9. The lowest BCUT2D eigenvalue weighted by Gasteiger charge is -2.01. The minimum atomic E-state index is -0.0222. The molecule has 1 aromatic carbocycles. The van der Waals surface area contributed by atoms with Gasteiger partial charge in [0.1, 0.15) is 18.5 Å². The molecule has 2 aromatic rings. The summed E-state index contributed by atoms with van der Waals surface area (Å²) in [4.78, 5) is 11.9. The molecule has 0 amide bonds. The number of carbonyl (C=O) groups is 1. The number of hydrogen-bond acceptors (Lipinski definition) is 3. The number of Topliss-reactive ketones (excluding diaryl/α,β-unsaturated/α-hetero) is 1. The first-order chi connectivity index (χ1) is 8.33. The Kier molecular flexibility index (Phi) is 3.94. The predicted octanol–water partition coefficient (Wildman–Crippen LogP) is 3.43. The van der Waals surface area contributed by atoms with E-state index >= 15 is 0 Å². The molecule has 0 N–H and O–H groups in total. The number of fused-ring (bicyclic) bond motifs is 1. The van der Waals surface area contributed by atoms with E-state index in [0.717, 1.165) is 23.8 Å². The fourth-order valence-electron chi connectivity index (χ4n) is 1.68. The molecule has 3 heteroatoms. The number of benzene rings is 1. The smallest absolute Gasteiger partial charge is 0.192 e. The molecule has 3 nitrogen and oxygen atoms in total. The number of carbonyl (C=O) groups excluding carboxylic acids is 1. The van der Waals surface area contributed by atoms with Gasteiger partial charge in [0.05, 0.1) is 5.56 Å². The standard InChI is InChI=1S/C14H16O3/c1-2-3-8-16-10-13(15)12-9-17-14-7-5-4-6-11(12)14/h4-7,9H,2-3,8,10H2,1H3. The van der Waals surface area contributed by atoms with E-state index in [4.69, 9.17) is 9.15 Å². The van der Waals surface area contributed by atoms with Crippen LogP contribution in [0.3, 0.4) is 0 Å². The molecule has 0 atom stereocenters. The molecule has 17 heavy (non-hydrogen) atoms. The van der Waals surface area contributed by atoms with Gasteiger partial charge in [-0.1, -0.05) is 31.5 Å². The third-order valence-electron chi connectivity index (χ3n) is 2.66. The molecular weight excluding hydrogens is 216 g/mol. The molecule has 0 fully saturated rings. The van der Waals surface area contributed by atoms with Crippen molar-refractivity contribution >= 4 is 16.8 Å². The highest BCUT2D eigenvalue weighted by molar-refractivity contribution is 6.07. The van der Waals surface area contributed by atoms with Gasteiger partial charge in [-0.05, 0) is 12.5 Å².